The highest BCUT2D eigenvalue weighted by Gasteiger charge is 2.62. The van der Waals surface area contributed by atoms with Crippen molar-refractivity contribution in [1.29, 1.82) is 5.26 Å². The van der Waals surface area contributed by atoms with Crippen LogP contribution in [0.2, 0.25) is 0 Å². The van der Waals surface area contributed by atoms with Crippen LogP contribution < -0.4 is 5.32 Å². The summed E-state index contributed by atoms with van der Waals surface area (Å²) in [5.74, 6) is -0.776. The molecule has 36 heavy (non-hydrogen) atoms. The van der Waals surface area contributed by atoms with Crippen molar-refractivity contribution in [2.75, 3.05) is 19.7 Å². The number of aromatic nitrogens is 2. The number of hydrogen-bond donors (Lipinski definition) is 3. The number of sulfone groups is 1. The number of aliphatic hydroxyl groups excluding tert-OH is 2. The van der Waals surface area contributed by atoms with Crippen LogP contribution in [0, 0.1) is 11.3 Å². The molecule has 2 amide bonds. The third-order valence-corrected chi connectivity index (χ3v) is 10.6. The minimum absolute atomic E-state index is 0.0266. The van der Waals surface area contributed by atoms with E-state index in [1.54, 1.807) is 24.3 Å². The Balaban J connectivity index is 1.46. The number of aliphatic hydroxyl groups is 2. The monoisotopic (exact) mass is 515 g/mol. The third-order valence-electron chi connectivity index (χ3n) is 7.22. The van der Waals surface area contributed by atoms with Gasteiger partial charge in [0, 0.05) is 26.2 Å². The number of nitriles is 1. The lowest BCUT2D eigenvalue weighted by Crippen LogP contribution is -2.55. The van der Waals surface area contributed by atoms with Gasteiger partial charge in [-0.15, -0.1) is 0 Å². The summed E-state index contributed by atoms with van der Waals surface area (Å²) in [6.07, 6.45) is 0.605. The summed E-state index contributed by atoms with van der Waals surface area (Å²) >= 11 is 0. The van der Waals surface area contributed by atoms with Crippen molar-refractivity contribution in [1.82, 2.24) is 19.8 Å². The average molecular weight is 516 g/mol. The van der Waals surface area contributed by atoms with Gasteiger partial charge in [0.25, 0.3) is 11.8 Å². The highest BCUT2D eigenvalue weighted by molar-refractivity contribution is 7.94. The number of carbonyl (C=O) groups excluding carboxylic acids is 2. The van der Waals surface area contributed by atoms with E-state index < -0.39 is 43.9 Å². The molecule has 1 aliphatic heterocycles. The van der Waals surface area contributed by atoms with Gasteiger partial charge in [-0.05, 0) is 44.4 Å². The molecule has 1 saturated carbocycles. The van der Waals surface area contributed by atoms with Crippen LogP contribution in [0.4, 0.5) is 0 Å². The Kier molecular flexibility index (Phi) is 6.68. The van der Waals surface area contributed by atoms with E-state index in [0.29, 0.717) is 18.4 Å². The first kappa shape index (κ1) is 25.8. The van der Waals surface area contributed by atoms with Crippen molar-refractivity contribution in [3.05, 3.63) is 53.1 Å². The minimum Gasteiger partial charge on any atom is -0.394 e. The van der Waals surface area contributed by atoms with Gasteiger partial charge >= 0.3 is 0 Å². The first-order chi connectivity index (χ1) is 17.0. The fraction of sp³-hybridized carbons (Fsp3) is 0.500. The standard InChI is InChI=1S/C24H29N5O6S/c1-23(2,19(31)14-30)36(34,35)24(7-8-24)15-28-9-10-29-18(22(28)33)13-26-20(29)21(32)27-12-17-5-3-16(11-25)4-6-17/h3-6,13,19,30-31H,7-10,12,14-15H2,1-2H3,(H,27,32). The van der Waals surface area contributed by atoms with Crippen molar-refractivity contribution in [2.45, 2.75) is 55.4 Å². The molecular formula is C24H29N5O6S. The second-order valence-electron chi connectivity index (χ2n) is 9.83. The predicted octanol–water partition coefficient (Wildman–Crippen LogP) is 0.220. The van der Waals surface area contributed by atoms with E-state index in [4.69, 9.17) is 5.26 Å². The fourth-order valence-electron chi connectivity index (χ4n) is 4.50. The van der Waals surface area contributed by atoms with E-state index in [2.05, 4.69) is 10.3 Å². The Morgan fingerprint density at radius 1 is 1.28 bits per heavy atom. The predicted molar refractivity (Wildman–Crippen MR) is 129 cm³/mol. The highest BCUT2D eigenvalue weighted by Crippen LogP contribution is 2.49. The number of benzene rings is 1. The minimum atomic E-state index is -3.89. The van der Waals surface area contributed by atoms with Crippen LogP contribution in [0.3, 0.4) is 0 Å². The smallest absolute Gasteiger partial charge is 0.287 e. The van der Waals surface area contributed by atoms with Crippen LogP contribution in [0.1, 0.15) is 58.9 Å². The number of imidazole rings is 1. The molecular weight excluding hydrogens is 486 g/mol. The maximum absolute atomic E-state index is 13.4. The zero-order valence-electron chi connectivity index (χ0n) is 20.1. The van der Waals surface area contributed by atoms with Gasteiger partial charge in [-0.3, -0.25) is 9.59 Å². The van der Waals surface area contributed by atoms with Gasteiger partial charge in [0.15, 0.2) is 15.7 Å². The lowest BCUT2D eigenvalue weighted by molar-refractivity contribution is 0.0665. The summed E-state index contributed by atoms with van der Waals surface area (Å²) in [6.45, 7) is 2.78. The molecule has 1 aromatic carbocycles. The number of fused-ring (bicyclic) bond motifs is 1. The van der Waals surface area contributed by atoms with Crippen molar-refractivity contribution >= 4 is 21.7 Å². The molecule has 192 valence electrons. The second-order valence-corrected chi connectivity index (χ2v) is 12.8. The van der Waals surface area contributed by atoms with Crippen LogP contribution in [-0.4, -0.2) is 80.2 Å². The first-order valence-electron chi connectivity index (χ1n) is 11.6. The van der Waals surface area contributed by atoms with Crippen LogP contribution >= 0.6 is 0 Å². The number of amides is 2. The lowest BCUT2D eigenvalue weighted by Gasteiger charge is -2.37. The van der Waals surface area contributed by atoms with Crippen molar-refractivity contribution in [3.8, 4) is 6.07 Å². The molecule has 0 radical (unpaired) electrons. The van der Waals surface area contributed by atoms with E-state index in [1.165, 1.54) is 29.5 Å². The Bertz CT molecular complexity index is 1320. The molecule has 1 aromatic heterocycles. The maximum atomic E-state index is 13.4. The largest absolute Gasteiger partial charge is 0.394 e. The number of nitrogens with zero attached hydrogens (tertiary/aromatic N) is 4. The molecule has 12 heteroatoms. The van der Waals surface area contributed by atoms with Gasteiger partial charge in [0.05, 0.1) is 40.0 Å². The number of hydrogen-bond acceptors (Lipinski definition) is 8. The van der Waals surface area contributed by atoms with Crippen LogP contribution in [-0.2, 0) is 22.9 Å². The zero-order chi connectivity index (χ0) is 26.3. The first-order valence-corrected chi connectivity index (χ1v) is 13.1. The lowest BCUT2D eigenvalue weighted by atomic mass is 10.1. The normalized spacial score (nSPS) is 17.8. The summed E-state index contributed by atoms with van der Waals surface area (Å²) in [5, 5.41) is 31.1. The van der Waals surface area contributed by atoms with Gasteiger partial charge < -0.3 is 25.0 Å². The molecule has 2 aliphatic rings. The Morgan fingerprint density at radius 2 is 1.94 bits per heavy atom. The average Bonchev–Trinajstić information content (AvgIpc) is 3.54. The SMILES string of the molecule is CC(C)(C(O)CO)S(=O)(=O)C1(CN2CCn3c(cnc3C(=O)NCc3ccc(C#N)cc3)C2=O)CC1. The van der Waals surface area contributed by atoms with Crippen LogP contribution in [0.25, 0.3) is 0 Å². The number of rotatable bonds is 9. The molecule has 4 rings (SSSR count). The van der Waals surface area contributed by atoms with E-state index in [1.807, 2.05) is 6.07 Å². The number of nitrogens with one attached hydrogen (secondary N) is 1. The molecule has 3 N–H and O–H groups in total. The van der Waals surface area contributed by atoms with Crippen molar-refractivity contribution in [3.63, 3.8) is 0 Å². The Hall–Kier alpha value is -3.27. The van der Waals surface area contributed by atoms with E-state index in [-0.39, 0.29) is 37.7 Å². The third kappa shape index (κ3) is 4.27. The molecule has 11 nitrogen and oxygen atoms in total. The summed E-state index contributed by atoms with van der Waals surface area (Å²) in [5.41, 5.74) is 1.53. The van der Waals surface area contributed by atoms with E-state index in [9.17, 15) is 28.2 Å². The topological polar surface area (TPSA) is 166 Å². The molecule has 1 aliphatic carbocycles. The molecule has 0 saturated heterocycles. The summed E-state index contributed by atoms with van der Waals surface area (Å²) in [7, 11) is -3.89. The Morgan fingerprint density at radius 3 is 2.53 bits per heavy atom. The highest BCUT2D eigenvalue weighted by atomic mass is 32.2. The van der Waals surface area contributed by atoms with Gasteiger partial charge in [-0.1, -0.05) is 12.1 Å². The number of carbonyl (C=O) groups is 2. The van der Waals surface area contributed by atoms with E-state index in [0.717, 1.165) is 5.56 Å². The van der Waals surface area contributed by atoms with Gasteiger partial charge in [-0.25, -0.2) is 13.4 Å². The van der Waals surface area contributed by atoms with Gasteiger partial charge in [0.1, 0.15) is 5.69 Å². The molecule has 1 unspecified atom stereocenters. The second kappa shape index (κ2) is 9.31. The van der Waals surface area contributed by atoms with E-state index >= 15 is 0 Å². The zero-order valence-corrected chi connectivity index (χ0v) is 21.0. The summed E-state index contributed by atoms with van der Waals surface area (Å²) in [4.78, 5) is 31.5. The van der Waals surface area contributed by atoms with Gasteiger partial charge in [0.2, 0.25) is 0 Å². The fourth-order valence-corrected chi connectivity index (χ4v) is 7.02. The van der Waals surface area contributed by atoms with Crippen LogP contribution in [0.15, 0.2) is 30.5 Å². The molecule has 1 fully saturated rings. The quantitative estimate of drug-likeness (QED) is 0.427. The summed E-state index contributed by atoms with van der Waals surface area (Å²) in [6, 6.07) is 8.83. The van der Waals surface area contributed by atoms with Crippen molar-refractivity contribution in [2.24, 2.45) is 0 Å². The maximum Gasteiger partial charge on any atom is 0.287 e. The van der Waals surface area contributed by atoms with Crippen molar-refractivity contribution < 1.29 is 28.2 Å². The molecule has 0 spiro atoms. The molecule has 0 bridgehead atoms. The summed E-state index contributed by atoms with van der Waals surface area (Å²) < 4.78 is 25.6. The van der Waals surface area contributed by atoms with Gasteiger partial charge in [-0.2, -0.15) is 5.26 Å². The molecule has 1 atom stereocenters. The molecule has 2 aromatic rings. The van der Waals surface area contributed by atoms with Crippen LogP contribution in [0.5, 0.6) is 0 Å². The Labute approximate surface area is 209 Å². The molecule has 2 heterocycles.